The minimum Gasteiger partial charge on any atom is -0.452 e. The van der Waals surface area contributed by atoms with Gasteiger partial charge in [-0.1, -0.05) is 294 Å². The Morgan fingerprint density at radius 2 is 0.555 bits per heavy atom. The van der Waals surface area contributed by atoms with Gasteiger partial charge >= 0.3 is 0 Å². The highest BCUT2D eigenvalue weighted by molar-refractivity contribution is 7.00. The van der Waals surface area contributed by atoms with E-state index in [1.807, 2.05) is 12.1 Å². The van der Waals surface area contributed by atoms with Crippen molar-refractivity contribution in [1.29, 1.82) is 0 Å². The molecule has 16 aromatic carbocycles. The first-order chi connectivity index (χ1) is 64.6. The molecule has 0 amide bonds. The van der Waals surface area contributed by atoms with Crippen molar-refractivity contribution in [3.05, 3.63) is 355 Å². The Labute approximate surface area is 762 Å². The molecule has 128 heavy (non-hydrogen) atoms. The van der Waals surface area contributed by atoms with Gasteiger partial charge in [-0.05, 0) is 256 Å². The van der Waals surface area contributed by atoms with E-state index in [1.165, 1.54) is 33.4 Å². The molecular formula is C120H107BN6O. The van der Waals surface area contributed by atoms with Crippen LogP contribution in [0.1, 0.15) is 169 Å². The van der Waals surface area contributed by atoms with Crippen molar-refractivity contribution in [2.24, 2.45) is 0 Å². The van der Waals surface area contributed by atoms with Crippen LogP contribution in [-0.4, -0.2) is 25.0 Å². The first kappa shape index (κ1) is 70.4. The van der Waals surface area contributed by atoms with E-state index < -0.39 is 55.1 Å². The van der Waals surface area contributed by atoms with Gasteiger partial charge in [0.2, 0.25) is 0 Å². The van der Waals surface area contributed by atoms with Gasteiger partial charge in [0.1, 0.15) is 0 Å². The summed E-state index contributed by atoms with van der Waals surface area (Å²) in [6, 6.07) is 97.2. The van der Waals surface area contributed by atoms with E-state index in [0.717, 1.165) is 149 Å². The molecule has 0 spiro atoms. The lowest BCUT2D eigenvalue weighted by Gasteiger charge is -2.44. The number of hydrogen-bond acceptors (Lipinski definition) is 3. The summed E-state index contributed by atoms with van der Waals surface area (Å²) in [6.45, 7) is 40.4. The molecule has 5 aromatic heterocycles. The maximum atomic E-state index is 10.4. The predicted molar refractivity (Wildman–Crippen MR) is 548 cm³/mol. The summed E-state index contributed by atoms with van der Waals surface area (Å²) in [6.07, 6.45) is 0. The third-order valence-corrected chi connectivity index (χ3v) is 27.7. The van der Waals surface area contributed by atoms with Gasteiger partial charge in [-0.3, -0.25) is 0 Å². The molecule has 0 radical (unpaired) electrons. The number of benzene rings is 16. The average molecular weight is 1670 g/mol. The fraction of sp³-hybridized carbons (Fsp3) is 0.200. The minimum absolute atomic E-state index is 0.00309. The summed E-state index contributed by atoms with van der Waals surface area (Å²) < 4.78 is 96.1. The Morgan fingerprint density at radius 1 is 0.227 bits per heavy atom. The fourth-order valence-corrected chi connectivity index (χ4v) is 20.7. The van der Waals surface area contributed by atoms with Crippen molar-refractivity contribution in [3.8, 4) is 45.0 Å². The lowest BCUT2D eigenvalue weighted by Crippen LogP contribution is -2.61. The Bertz CT molecular complexity index is 8440. The Morgan fingerprint density at radius 3 is 0.938 bits per heavy atom. The molecule has 626 valence electrons. The third kappa shape index (κ3) is 12.3. The number of para-hydroxylation sites is 4. The molecule has 0 fully saturated rings. The van der Waals surface area contributed by atoms with Crippen LogP contribution in [0.15, 0.2) is 326 Å². The molecule has 8 heteroatoms. The van der Waals surface area contributed by atoms with Crippen molar-refractivity contribution in [2.75, 3.05) is 9.80 Å². The van der Waals surface area contributed by atoms with Crippen LogP contribution in [0.3, 0.4) is 0 Å². The van der Waals surface area contributed by atoms with Crippen molar-refractivity contribution in [1.82, 2.24) is 18.3 Å². The molecule has 0 atom stereocenters. The number of aromatic nitrogens is 4. The van der Waals surface area contributed by atoms with Crippen molar-refractivity contribution >= 4 is 166 Å². The van der Waals surface area contributed by atoms with Crippen LogP contribution in [0.5, 0.6) is 0 Å². The molecule has 23 rings (SSSR count). The molecule has 2 aliphatic rings. The monoisotopic (exact) mass is 1670 g/mol. The third-order valence-electron chi connectivity index (χ3n) is 27.7. The van der Waals surface area contributed by atoms with Crippen LogP contribution in [0.4, 0.5) is 34.1 Å². The van der Waals surface area contributed by atoms with Gasteiger partial charge in [0, 0.05) is 93.7 Å². The highest BCUT2D eigenvalue weighted by Gasteiger charge is 2.46. The largest absolute Gasteiger partial charge is 0.452 e. The lowest BCUT2D eigenvalue weighted by atomic mass is 9.33. The van der Waals surface area contributed by atoms with E-state index in [9.17, 15) is 11.0 Å². The van der Waals surface area contributed by atoms with Crippen LogP contribution in [0.2, 0.25) is 0 Å². The quantitative estimate of drug-likeness (QED) is 0.142. The lowest BCUT2D eigenvalue weighted by molar-refractivity contribution is 0.590. The molecule has 0 unspecified atom stereocenters. The van der Waals surface area contributed by atoms with E-state index in [0.29, 0.717) is 33.9 Å². The zero-order valence-corrected chi connectivity index (χ0v) is 76.1. The maximum Gasteiger partial charge on any atom is 0.252 e. The summed E-state index contributed by atoms with van der Waals surface area (Å²) in [4.78, 5) is 4.77. The summed E-state index contributed by atoms with van der Waals surface area (Å²) in [5, 5.41) is 8.57. The Balaban J connectivity index is 0.898. The number of anilines is 6. The number of nitrogens with zero attached hydrogens (tertiary/aromatic N) is 6. The van der Waals surface area contributed by atoms with Gasteiger partial charge in [0.15, 0.2) is 11.2 Å². The molecule has 0 saturated heterocycles. The molecule has 7 nitrogen and oxygen atoms in total. The second kappa shape index (κ2) is 27.8. The van der Waals surface area contributed by atoms with Gasteiger partial charge in [0.05, 0.1) is 72.2 Å². The van der Waals surface area contributed by atoms with Gasteiger partial charge < -0.3 is 32.5 Å². The van der Waals surface area contributed by atoms with Crippen molar-refractivity contribution in [2.45, 2.75) is 157 Å². The van der Waals surface area contributed by atoms with Gasteiger partial charge in [-0.2, -0.15) is 0 Å². The highest BCUT2D eigenvalue weighted by atomic mass is 16.3. The van der Waals surface area contributed by atoms with E-state index in [4.69, 9.17) is 4.42 Å². The fourth-order valence-electron chi connectivity index (χ4n) is 20.7. The standard InChI is InChI=1S/C120H107BN6O/c1-115(2,3)76-43-53-100-90(62-76)91-63-77(116(4,5)6)44-54-101(91)122(100)82-49-51-96-108(68-82)125(84-60-74(72-31-21-19-22-32-72)59-75(61-84)73-33-23-20-24-34-73)110-70-85(124-98-39-27-25-35-86(98)87-36-26-28-40-99(87)124)71-111-112(110)121(96)97-52-50-83(123-102-55-45-78(117(7,8)9)64-92(102)93-65-79(118(10,11)12)46-56-103(93)123)69-109(97)127(111)107-42-30-38-89-88-37-29-41-106(113(88)128-114(89)107)126-104-57-47-80(119(13,14)15)66-94(104)95-67-81(120(16,17)18)48-58-105(95)126/h19-71H,1-18H3/i25D,26D,27D,28D,35D,36D,39D,40D. The molecule has 0 N–H and O–H groups in total. The normalized spacial score (nSPS) is 14.4. The molecule has 0 saturated carbocycles. The Hall–Kier alpha value is -13.8. The smallest absolute Gasteiger partial charge is 0.252 e. The molecule has 0 bridgehead atoms. The van der Waals surface area contributed by atoms with Gasteiger partial charge in [-0.25, -0.2) is 0 Å². The van der Waals surface area contributed by atoms with Gasteiger partial charge in [0.25, 0.3) is 6.71 Å². The van der Waals surface area contributed by atoms with Crippen LogP contribution in [-0.2, 0) is 32.5 Å². The summed E-state index contributed by atoms with van der Waals surface area (Å²) in [5.74, 6) is 0. The topological polar surface area (TPSA) is 39.3 Å². The maximum absolute atomic E-state index is 10.4. The first-order valence-corrected chi connectivity index (χ1v) is 45.1. The van der Waals surface area contributed by atoms with E-state index >= 15 is 0 Å². The van der Waals surface area contributed by atoms with E-state index in [1.54, 1.807) is 4.57 Å². The highest BCUT2D eigenvalue weighted by Crippen LogP contribution is 2.53. The van der Waals surface area contributed by atoms with Crippen LogP contribution in [0, 0.1) is 0 Å². The number of furan rings is 1. The summed E-state index contributed by atoms with van der Waals surface area (Å²) in [7, 11) is 0. The second-order valence-corrected chi connectivity index (χ2v) is 42.1. The van der Waals surface area contributed by atoms with E-state index in [2.05, 4.69) is 409 Å². The number of hydrogen-bond donors (Lipinski definition) is 0. The molecule has 7 heterocycles. The molecule has 21 aromatic rings. The van der Waals surface area contributed by atoms with Crippen molar-refractivity contribution < 1.29 is 15.4 Å². The average Bonchev–Trinajstić information content (AvgIpc) is 1.34. The summed E-state index contributed by atoms with van der Waals surface area (Å²) in [5.41, 5.74) is 28.3. The zero-order chi connectivity index (χ0) is 95.0. The van der Waals surface area contributed by atoms with Crippen LogP contribution < -0.4 is 26.2 Å². The minimum atomic E-state index is -0.587. The van der Waals surface area contributed by atoms with Crippen LogP contribution in [0.25, 0.3) is 154 Å². The number of fused-ring (bicyclic) bond motifs is 19. The van der Waals surface area contributed by atoms with Crippen LogP contribution >= 0.6 is 0 Å². The molecule has 2 aliphatic heterocycles. The first-order valence-electron chi connectivity index (χ1n) is 49.1. The van der Waals surface area contributed by atoms with Gasteiger partial charge in [-0.15, -0.1) is 0 Å². The van der Waals surface area contributed by atoms with E-state index in [-0.39, 0.29) is 54.3 Å². The summed E-state index contributed by atoms with van der Waals surface area (Å²) >= 11 is 0. The predicted octanol–water partition coefficient (Wildman–Crippen LogP) is 31.2. The molecular weight excluding hydrogens is 1550 g/mol. The SMILES string of the molecule is [2H]c1c([2H])c([2H])c2c(c1[2H])c1c([2H])c([2H])c([2H])c([2H])c1n2-c1cc2c3c(c1)N(c1cccc4c1oc1c(-n5c6ccc(C(C)(C)C)cc6c6cc(C(C)(C)C)ccc65)cccc14)c1cc(-n4c5ccc(C(C)(C)C)cc5c5cc(C(C)(C)C)ccc54)ccc1B3c1ccc(-n3c4ccc(C(C)(C)C)cc4c4cc(C(C)(C)C)ccc43)cc1N2c1cc(-c2ccccc2)cc(-c2ccccc2)c1. The zero-order valence-electron chi connectivity index (χ0n) is 84.1. The number of rotatable bonds is 8. The van der Waals surface area contributed by atoms with Crippen molar-refractivity contribution in [3.63, 3.8) is 0 Å². The Kier molecular flexibility index (Phi) is 15.3. The molecule has 0 aliphatic carbocycles. The second-order valence-electron chi connectivity index (χ2n) is 42.1.